The minimum atomic E-state index is 0.601. The molecule has 1 fully saturated rings. The molecule has 0 radical (unpaired) electrons. The van der Waals surface area contributed by atoms with Crippen LogP contribution in [-0.4, -0.2) is 92.2 Å². The third-order valence-corrected chi connectivity index (χ3v) is 5.27. The van der Waals surface area contributed by atoms with Gasteiger partial charge in [-0.15, -0.1) is 0 Å². The van der Waals surface area contributed by atoms with Gasteiger partial charge in [0.25, 0.3) is 0 Å². The largest absolute Gasteiger partial charge is 0.329 e. The van der Waals surface area contributed by atoms with Crippen molar-refractivity contribution in [1.29, 1.82) is 0 Å². The summed E-state index contributed by atoms with van der Waals surface area (Å²) >= 11 is 0. The molecule has 0 aromatic rings. The van der Waals surface area contributed by atoms with Crippen LogP contribution in [-0.2, 0) is 0 Å². The van der Waals surface area contributed by atoms with E-state index in [1.807, 2.05) is 0 Å². The molecule has 138 valence electrons. The average Bonchev–Trinajstić information content (AvgIpc) is 2.53. The molecule has 0 saturated carbocycles. The summed E-state index contributed by atoms with van der Waals surface area (Å²) in [5, 5.41) is 3.61. The smallest absolute Gasteiger partial charge is 0.0113 e. The fourth-order valence-corrected chi connectivity index (χ4v) is 3.19. The Kier molecular flexibility index (Phi) is 10.3. The number of rotatable bonds is 11. The van der Waals surface area contributed by atoms with Crippen LogP contribution in [0.3, 0.4) is 0 Å². The van der Waals surface area contributed by atoms with Gasteiger partial charge < -0.3 is 11.1 Å². The highest BCUT2D eigenvalue weighted by Gasteiger charge is 2.18. The third-order valence-electron chi connectivity index (χ3n) is 5.27. The predicted octanol–water partition coefficient (Wildman–Crippen LogP) is 0.907. The maximum absolute atomic E-state index is 5.75. The van der Waals surface area contributed by atoms with E-state index >= 15 is 0 Å². The molecule has 3 N–H and O–H groups in total. The summed E-state index contributed by atoms with van der Waals surface area (Å²) in [5.41, 5.74) is 5.75. The molecule has 0 aliphatic carbocycles. The first-order valence-electron chi connectivity index (χ1n) is 9.57. The highest BCUT2D eigenvalue weighted by Crippen LogP contribution is 2.09. The molecule has 1 atom stereocenters. The van der Waals surface area contributed by atoms with Crippen LogP contribution in [0.4, 0.5) is 0 Å². The van der Waals surface area contributed by atoms with Crippen LogP contribution < -0.4 is 11.1 Å². The molecule has 5 nitrogen and oxygen atoms in total. The molecule has 0 bridgehead atoms. The van der Waals surface area contributed by atoms with Gasteiger partial charge in [-0.1, -0.05) is 13.8 Å². The van der Waals surface area contributed by atoms with E-state index in [0.29, 0.717) is 18.0 Å². The van der Waals surface area contributed by atoms with E-state index in [1.165, 1.54) is 32.7 Å². The van der Waals surface area contributed by atoms with Crippen LogP contribution in [0.5, 0.6) is 0 Å². The van der Waals surface area contributed by atoms with E-state index in [9.17, 15) is 0 Å². The van der Waals surface area contributed by atoms with Crippen LogP contribution >= 0.6 is 0 Å². The van der Waals surface area contributed by atoms with Gasteiger partial charge in [0.2, 0.25) is 0 Å². The van der Waals surface area contributed by atoms with E-state index in [-0.39, 0.29) is 0 Å². The fraction of sp³-hybridized carbons (Fsp3) is 1.00. The zero-order valence-corrected chi connectivity index (χ0v) is 16.2. The Morgan fingerprint density at radius 2 is 1.61 bits per heavy atom. The van der Waals surface area contributed by atoms with Crippen molar-refractivity contribution in [2.24, 2.45) is 11.7 Å². The van der Waals surface area contributed by atoms with Gasteiger partial charge in [-0.25, -0.2) is 0 Å². The highest BCUT2D eigenvalue weighted by atomic mass is 15.3. The Bertz CT molecular complexity index is 287. The average molecular weight is 328 g/mol. The third kappa shape index (κ3) is 7.94. The Morgan fingerprint density at radius 1 is 0.957 bits per heavy atom. The molecule has 1 unspecified atom stereocenters. The summed E-state index contributed by atoms with van der Waals surface area (Å²) < 4.78 is 0. The number of nitrogens with two attached hydrogens (primary N) is 1. The van der Waals surface area contributed by atoms with Gasteiger partial charge >= 0.3 is 0 Å². The maximum atomic E-state index is 5.75. The van der Waals surface area contributed by atoms with Gasteiger partial charge in [-0.2, -0.15) is 0 Å². The second kappa shape index (κ2) is 11.4. The lowest BCUT2D eigenvalue weighted by Crippen LogP contribution is -2.50. The Morgan fingerprint density at radius 3 is 2.13 bits per heavy atom. The first kappa shape index (κ1) is 20.8. The summed E-state index contributed by atoms with van der Waals surface area (Å²) in [5.74, 6) is 0.679. The van der Waals surface area contributed by atoms with Crippen LogP contribution in [0.15, 0.2) is 0 Å². The Balaban J connectivity index is 2.12. The van der Waals surface area contributed by atoms with E-state index in [1.54, 1.807) is 0 Å². The summed E-state index contributed by atoms with van der Waals surface area (Å²) in [6.07, 6.45) is 0. The topological polar surface area (TPSA) is 47.8 Å². The van der Waals surface area contributed by atoms with Crippen LogP contribution in [0.25, 0.3) is 0 Å². The van der Waals surface area contributed by atoms with Crippen molar-refractivity contribution in [2.45, 2.75) is 46.7 Å². The Hall–Kier alpha value is -0.200. The molecule has 1 rings (SSSR count). The monoisotopic (exact) mass is 327 g/mol. The van der Waals surface area contributed by atoms with Crippen molar-refractivity contribution in [3.63, 3.8) is 0 Å². The van der Waals surface area contributed by atoms with E-state index < -0.39 is 0 Å². The molecule has 1 heterocycles. The van der Waals surface area contributed by atoms with Crippen LogP contribution in [0, 0.1) is 5.92 Å². The number of hydrogen-bond donors (Lipinski definition) is 2. The van der Waals surface area contributed by atoms with Gasteiger partial charge in [0.1, 0.15) is 0 Å². The first-order chi connectivity index (χ1) is 11.0. The van der Waals surface area contributed by atoms with Gasteiger partial charge in [0.05, 0.1) is 0 Å². The lowest BCUT2D eigenvalue weighted by molar-refractivity contribution is 0.108. The lowest BCUT2D eigenvalue weighted by atomic mass is 10.0. The molecule has 0 aromatic heterocycles. The molecule has 23 heavy (non-hydrogen) atoms. The minimum absolute atomic E-state index is 0.601. The predicted molar refractivity (Wildman–Crippen MR) is 101 cm³/mol. The summed E-state index contributed by atoms with van der Waals surface area (Å²) in [7, 11) is 0. The van der Waals surface area contributed by atoms with Crippen molar-refractivity contribution in [1.82, 2.24) is 20.0 Å². The zero-order valence-electron chi connectivity index (χ0n) is 16.2. The fourth-order valence-electron chi connectivity index (χ4n) is 3.19. The van der Waals surface area contributed by atoms with Crippen LogP contribution in [0.1, 0.15) is 34.6 Å². The SMILES string of the molecule is CC(C)C(C)N(CCN)CCNCCN1CCN(C(C)C)CC1. The zero-order chi connectivity index (χ0) is 17.2. The van der Waals surface area contributed by atoms with Crippen molar-refractivity contribution in [2.75, 3.05) is 65.4 Å². The van der Waals surface area contributed by atoms with Crippen LogP contribution in [0.2, 0.25) is 0 Å². The second-order valence-corrected chi connectivity index (χ2v) is 7.53. The Labute approximate surface area is 144 Å². The van der Waals surface area contributed by atoms with Gasteiger partial charge in [0, 0.05) is 77.5 Å². The molecule has 0 amide bonds. The maximum Gasteiger partial charge on any atom is 0.0113 e. The minimum Gasteiger partial charge on any atom is -0.329 e. The lowest BCUT2D eigenvalue weighted by Gasteiger charge is -2.37. The molecular formula is C18H41N5. The standard InChI is InChI=1S/C18H41N5/c1-16(2)18(5)23(9-6-19)11-8-20-7-10-21-12-14-22(15-13-21)17(3)4/h16-18,20H,6-15,19H2,1-5H3. The number of nitrogens with zero attached hydrogens (tertiary/aromatic N) is 3. The van der Waals surface area contributed by atoms with Gasteiger partial charge in [0.15, 0.2) is 0 Å². The molecule has 1 aliphatic rings. The number of nitrogens with one attached hydrogen (secondary N) is 1. The quantitative estimate of drug-likeness (QED) is 0.552. The molecule has 0 aromatic carbocycles. The van der Waals surface area contributed by atoms with E-state index in [2.05, 4.69) is 54.6 Å². The molecule has 1 aliphatic heterocycles. The molecule has 1 saturated heterocycles. The number of piperazine rings is 1. The van der Waals surface area contributed by atoms with Crippen molar-refractivity contribution in [3.8, 4) is 0 Å². The first-order valence-corrected chi connectivity index (χ1v) is 9.57. The highest BCUT2D eigenvalue weighted by molar-refractivity contribution is 4.75. The summed E-state index contributed by atoms with van der Waals surface area (Å²) in [4.78, 5) is 7.67. The van der Waals surface area contributed by atoms with Gasteiger partial charge in [-0.3, -0.25) is 14.7 Å². The normalized spacial score (nSPS) is 19.2. The van der Waals surface area contributed by atoms with E-state index in [0.717, 1.165) is 32.7 Å². The summed E-state index contributed by atoms with van der Waals surface area (Å²) in [6, 6.07) is 1.29. The van der Waals surface area contributed by atoms with Crippen molar-refractivity contribution >= 4 is 0 Å². The molecular weight excluding hydrogens is 286 g/mol. The second-order valence-electron chi connectivity index (χ2n) is 7.53. The van der Waals surface area contributed by atoms with Crippen molar-refractivity contribution in [3.05, 3.63) is 0 Å². The molecule has 0 spiro atoms. The van der Waals surface area contributed by atoms with Crippen molar-refractivity contribution < 1.29 is 0 Å². The summed E-state index contributed by atoms with van der Waals surface area (Å²) in [6.45, 7) is 22.5. The van der Waals surface area contributed by atoms with E-state index in [4.69, 9.17) is 5.73 Å². The molecule has 5 heteroatoms. The number of hydrogen-bond acceptors (Lipinski definition) is 5. The van der Waals surface area contributed by atoms with Gasteiger partial charge in [-0.05, 0) is 26.7 Å².